The Morgan fingerprint density at radius 3 is 2.30 bits per heavy atom. The average Bonchev–Trinajstić information content (AvgIpc) is 2.19. The van der Waals surface area contributed by atoms with Gasteiger partial charge in [-0.1, -0.05) is 0 Å². The number of hydrogen-bond donors (Lipinski definition) is 1. The van der Waals surface area contributed by atoms with Crippen molar-refractivity contribution in [2.45, 2.75) is 32.4 Å². The van der Waals surface area contributed by atoms with Crippen LogP contribution in [-0.2, 0) is 9.53 Å². The number of aliphatic carboxylic acids is 1. The van der Waals surface area contributed by atoms with E-state index in [1.165, 1.54) is 11.8 Å². The molecule has 1 unspecified atom stereocenters. The number of carboxylic acid groups (broad SMARTS) is 1. The van der Waals surface area contributed by atoms with E-state index in [-0.39, 0.29) is 24.6 Å². The molecular formula is C12H23LiN2O4S. The van der Waals surface area contributed by atoms with E-state index in [2.05, 4.69) is 5.32 Å². The Bertz CT molecular complexity index is 308. The molecule has 0 bridgehead atoms. The van der Waals surface area contributed by atoms with Crippen molar-refractivity contribution in [1.82, 2.24) is 10.2 Å². The summed E-state index contributed by atoms with van der Waals surface area (Å²) in [7, 11) is 3.88. The third-order valence-electron chi connectivity index (χ3n) is 1.94. The van der Waals surface area contributed by atoms with Gasteiger partial charge in [-0.3, -0.25) is 0 Å². The van der Waals surface area contributed by atoms with E-state index in [1.54, 1.807) is 20.8 Å². The van der Waals surface area contributed by atoms with E-state index >= 15 is 0 Å². The zero-order valence-electron chi connectivity index (χ0n) is 13.2. The van der Waals surface area contributed by atoms with Gasteiger partial charge in [0.25, 0.3) is 0 Å². The predicted molar refractivity (Wildman–Crippen MR) is 74.0 cm³/mol. The van der Waals surface area contributed by atoms with Crippen molar-refractivity contribution in [3.8, 4) is 0 Å². The van der Waals surface area contributed by atoms with Crippen LogP contribution in [0.4, 0.5) is 4.79 Å². The molecule has 0 aromatic heterocycles. The molecule has 0 aromatic rings. The molecule has 6 nitrogen and oxygen atoms in total. The molecule has 112 valence electrons. The average molecular weight is 298 g/mol. The first-order valence-electron chi connectivity index (χ1n) is 6.04. The summed E-state index contributed by atoms with van der Waals surface area (Å²) in [6, 6.07) is -1.04. The second kappa shape index (κ2) is 10.4. The van der Waals surface area contributed by atoms with Crippen LogP contribution in [0.15, 0.2) is 0 Å². The molecule has 8 heteroatoms. The molecule has 1 N–H and O–H groups in total. The molecule has 0 aliphatic heterocycles. The molecule has 20 heavy (non-hydrogen) atoms. The number of rotatable bonds is 7. The number of thioether (sulfide) groups is 1. The second-order valence-electron chi connectivity index (χ2n) is 5.40. The van der Waals surface area contributed by atoms with Crippen molar-refractivity contribution in [2.75, 3.05) is 32.1 Å². The first kappa shape index (κ1) is 21.9. The molecule has 0 aromatic carbocycles. The van der Waals surface area contributed by atoms with Crippen molar-refractivity contribution in [1.29, 1.82) is 0 Å². The fraction of sp³-hybridized carbons (Fsp3) is 0.833. The van der Waals surface area contributed by atoms with Gasteiger partial charge in [-0.2, -0.15) is 11.8 Å². The number of carbonyl (C=O) groups is 2. The first-order valence-corrected chi connectivity index (χ1v) is 7.20. The molecule has 0 radical (unpaired) electrons. The van der Waals surface area contributed by atoms with E-state index in [0.29, 0.717) is 0 Å². The van der Waals surface area contributed by atoms with Crippen molar-refractivity contribution in [2.24, 2.45) is 0 Å². The largest absolute Gasteiger partial charge is 1.00 e. The molecule has 0 saturated heterocycles. The zero-order valence-corrected chi connectivity index (χ0v) is 14.0. The maximum Gasteiger partial charge on any atom is 1.00 e. The van der Waals surface area contributed by atoms with Gasteiger partial charge in [-0.25, -0.2) is 4.79 Å². The van der Waals surface area contributed by atoms with Crippen LogP contribution in [0.5, 0.6) is 0 Å². The van der Waals surface area contributed by atoms with Gasteiger partial charge < -0.3 is 24.9 Å². The summed E-state index contributed by atoms with van der Waals surface area (Å²) in [6.07, 6.45) is -0.741. The molecule has 0 saturated carbocycles. The number of nitrogens with zero attached hydrogens (tertiary/aromatic N) is 1. The number of carboxylic acids is 1. The minimum absolute atomic E-state index is 0. The topological polar surface area (TPSA) is 81.7 Å². The summed E-state index contributed by atoms with van der Waals surface area (Å²) in [5.41, 5.74) is -0.654. The Balaban J connectivity index is 0. The molecule has 0 fully saturated rings. The Labute approximate surface area is 137 Å². The molecule has 0 aliphatic carbocycles. The van der Waals surface area contributed by atoms with Crippen LogP contribution in [0.1, 0.15) is 20.8 Å². The van der Waals surface area contributed by atoms with Crippen LogP contribution in [0, 0.1) is 0 Å². The summed E-state index contributed by atoms with van der Waals surface area (Å²) < 4.78 is 5.00. The van der Waals surface area contributed by atoms with Gasteiger partial charge >= 0.3 is 25.0 Å². The molecular weight excluding hydrogens is 275 g/mol. The fourth-order valence-electron chi connectivity index (χ4n) is 1.07. The Kier molecular flexibility index (Phi) is 11.4. The number of hydrogen-bond acceptors (Lipinski definition) is 6. The minimum Gasteiger partial charge on any atom is -0.548 e. The van der Waals surface area contributed by atoms with Gasteiger partial charge in [0, 0.05) is 18.1 Å². The molecule has 0 rings (SSSR count). The Morgan fingerprint density at radius 1 is 1.35 bits per heavy atom. The first-order chi connectivity index (χ1) is 8.61. The van der Waals surface area contributed by atoms with Crippen molar-refractivity contribution >= 4 is 23.8 Å². The number of amides is 1. The number of carbonyl (C=O) groups excluding carboxylic acids is 2. The van der Waals surface area contributed by atoms with Crippen LogP contribution in [-0.4, -0.2) is 60.8 Å². The molecule has 0 heterocycles. The summed E-state index contributed by atoms with van der Waals surface area (Å²) in [5.74, 6) is -0.259. The van der Waals surface area contributed by atoms with E-state index in [4.69, 9.17) is 4.74 Å². The van der Waals surface area contributed by atoms with Gasteiger partial charge in [0.15, 0.2) is 0 Å². The van der Waals surface area contributed by atoms with E-state index < -0.39 is 23.7 Å². The maximum atomic E-state index is 11.5. The summed E-state index contributed by atoms with van der Waals surface area (Å²) >= 11 is 1.45. The quantitative estimate of drug-likeness (QED) is 0.397. The van der Waals surface area contributed by atoms with Gasteiger partial charge in [-0.05, 0) is 34.9 Å². The third kappa shape index (κ3) is 12.7. The van der Waals surface area contributed by atoms with Crippen LogP contribution < -0.4 is 29.3 Å². The minimum atomic E-state index is -1.30. The number of nitrogens with one attached hydrogen (secondary N) is 1. The van der Waals surface area contributed by atoms with Crippen molar-refractivity contribution < 1.29 is 38.3 Å². The SMILES string of the molecule is CN(C)CCSCC(NC(=O)OC(C)(C)C)C(=O)[O-].[Li+]. The smallest absolute Gasteiger partial charge is 0.548 e. The predicted octanol–water partition coefficient (Wildman–Crippen LogP) is -3.07. The monoisotopic (exact) mass is 298 g/mol. The van der Waals surface area contributed by atoms with E-state index in [0.717, 1.165) is 12.3 Å². The van der Waals surface area contributed by atoms with Gasteiger partial charge in [0.2, 0.25) is 0 Å². The standard InChI is InChI=1S/C12H24N2O4S.Li/c1-12(2,3)18-11(17)13-9(10(15)16)8-19-7-6-14(4)5;/h9H,6-8H2,1-5H3,(H,13,17)(H,15,16);/q;+1/p-1. The number of ether oxygens (including phenoxy) is 1. The van der Waals surface area contributed by atoms with Crippen LogP contribution in [0.2, 0.25) is 0 Å². The van der Waals surface area contributed by atoms with Crippen LogP contribution in [0.25, 0.3) is 0 Å². The summed E-state index contributed by atoms with van der Waals surface area (Å²) in [6.45, 7) is 5.99. The zero-order chi connectivity index (χ0) is 15.1. The maximum absolute atomic E-state index is 11.5. The Hall–Kier alpha value is -0.353. The third-order valence-corrected chi connectivity index (χ3v) is 2.98. The Morgan fingerprint density at radius 2 is 1.90 bits per heavy atom. The normalized spacial score (nSPS) is 12.5. The molecule has 1 atom stereocenters. The fourth-order valence-corrected chi connectivity index (χ4v) is 2.18. The van der Waals surface area contributed by atoms with E-state index in [1.807, 2.05) is 19.0 Å². The molecule has 1 amide bonds. The van der Waals surface area contributed by atoms with E-state index in [9.17, 15) is 14.7 Å². The van der Waals surface area contributed by atoms with Crippen LogP contribution >= 0.6 is 11.8 Å². The number of alkyl carbamates (subject to hydrolysis) is 1. The van der Waals surface area contributed by atoms with Crippen molar-refractivity contribution in [3.05, 3.63) is 0 Å². The second-order valence-corrected chi connectivity index (χ2v) is 6.55. The molecule has 0 spiro atoms. The molecule has 0 aliphatic rings. The summed E-state index contributed by atoms with van der Waals surface area (Å²) in [5, 5.41) is 13.2. The summed E-state index contributed by atoms with van der Waals surface area (Å²) in [4.78, 5) is 24.4. The van der Waals surface area contributed by atoms with Gasteiger partial charge in [0.05, 0.1) is 12.0 Å². The van der Waals surface area contributed by atoms with Crippen molar-refractivity contribution in [3.63, 3.8) is 0 Å². The van der Waals surface area contributed by atoms with Gasteiger partial charge in [-0.15, -0.1) is 0 Å². The van der Waals surface area contributed by atoms with Gasteiger partial charge in [0.1, 0.15) is 5.60 Å². The van der Waals surface area contributed by atoms with Crippen LogP contribution in [0.3, 0.4) is 0 Å².